The van der Waals surface area contributed by atoms with Crippen LogP contribution in [0.4, 0.5) is 0 Å². The third kappa shape index (κ3) is 3.54. The molecule has 0 unspecified atom stereocenters. The molecule has 1 rings (SSSR count). The summed E-state index contributed by atoms with van der Waals surface area (Å²) in [6, 6.07) is 0. The van der Waals surface area contributed by atoms with Crippen LogP contribution in [0.3, 0.4) is 0 Å². The Labute approximate surface area is 102 Å². The Morgan fingerprint density at radius 2 is 2.12 bits per heavy atom. The number of aryl methyl sites for hydroxylation is 1. The molecule has 3 nitrogen and oxygen atoms in total. The van der Waals surface area contributed by atoms with E-state index in [2.05, 4.69) is 24.1 Å². The first kappa shape index (κ1) is 13.6. The first-order valence-electron chi connectivity index (χ1n) is 5.88. The van der Waals surface area contributed by atoms with Crippen molar-refractivity contribution in [3.63, 3.8) is 0 Å². The number of aliphatic hydroxyl groups is 1. The number of aliphatic hydroxyl groups excluding tert-OH is 1. The minimum Gasteiger partial charge on any atom is -0.396 e. The number of thiazole rings is 1. The maximum Gasteiger partial charge on any atom is 0.0897 e. The van der Waals surface area contributed by atoms with Crippen molar-refractivity contribution >= 4 is 11.3 Å². The highest BCUT2D eigenvalue weighted by atomic mass is 32.1. The van der Waals surface area contributed by atoms with Crippen molar-refractivity contribution in [3.8, 4) is 0 Å². The number of nitrogens with zero attached hydrogens (tertiary/aromatic N) is 1. The average Bonchev–Trinajstić information content (AvgIpc) is 2.71. The largest absolute Gasteiger partial charge is 0.396 e. The van der Waals surface area contributed by atoms with Gasteiger partial charge in [-0.3, -0.25) is 0 Å². The Hall–Kier alpha value is -0.450. The minimum absolute atomic E-state index is 0.0414. The minimum atomic E-state index is 0.0414. The van der Waals surface area contributed by atoms with Gasteiger partial charge in [-0.25, -0.2) is 4.98 Å². The molecule has 0 saturated carbocycles. The molecule has 0 fully saturated rings. The van der Waals surface area contributed by atoms with Gasteiger partial charge < -0.3 is 10.4 Å². The highest BCUT2D eigenvalue weighted by Gasteiger charge is 2.24. The van der Waals surface area contributed by atoms with E-state index in [0.29, 0.717) is 0 Å². The monoisotopic (exact) mass is 242 g/mol. The molecule has 0 aliphatic carbocycles. The van der Waals surface area contributed by atoms with Gasteiger partial charge in [0.25, 0.3) is 0 Å². The van der Waals surface area contributed by atoms with Crippen molar-refractivity contribution in [2.45, 2.75) is 40.2 Å². The van der Waals surface area contributed by atoms with E-state index in [1.807, 2.05) is 13.1 Å². The van der Waals surface area contributed by atoms with Crippen LogP contribution in [0.25, 0.3) is 0 Å². The molecule has 0 atom stereocenters. The number of rotatable bonds is 7. The van der Waals surface area contributed by atoms with Gasteiger partial charge in [-0.2, -0.15) is 0 Å². The summed E-state index contributed by atoms with van der Waals surface area (Å²) in [5, 5.41) is 14.0. The van der Waals surface area contributed by atoms with E-state index in [0.717, 1.165) is 30.9 Å². The summed E-state index contributed by atoms with van der Waals surface area (Å²) in [5.41, 5.74) is 0.0414. The zero-order valence-electron chi connectivity index (χ0n) is 10.4. The zero-order valence-corrected chi connectivity index (χ0v) is 11.2. The molecule has 2 N–H and O–H groups in total. The molecule has 92 valence electrons. The van der Waals surface area contributed by atoms with Crippen LogP contribution in [0.2, 0.25) is 0 Å². The lowest BCUT2D eigenvalue weighted by Gasteiger charge is -2.29. The van der Waals surface area contributed by atoms with Gasteiger partial charge >= 0.3 is 0 Å². The molecule has 0 aromatic carbocycles. The van der Waals surface area contributed by atoms with Crippen LogP contribution >= 0.6 is 11.3 Å². The topological polar surface area (TPSA) is 45.1 Å². The third-order valence-corrected chi connectivity index (χ3v) is 4.22. The van der Waals surface area contributed by atoms with Crippen molar-refractivity contribution in [2.24, 2.45) is 5.41 Å². The first-order chi connectivity index (χ1) is 7.65. The summed E-state index contributed by atoms with van der Waals surface area (Å²) in [7, 11) is 0. The quantitative estimate of drug-likeness (QED) is 0.771. The number of hydrogen-bond donors (Lipinski definition) is 2. The molecule has 16 heavy (non-hydrogen) atoms. The van der Waals surface area contributed by atoms with Crippen LogP contribution in [-0.4, -0.2) is 23.2 Å². The zero-order chi connectivity index (χ0) is 12.0. The lowest BCUT2D eigenvalue weighted by atomic mass is 9.83. The smallest absolute Gasteiger partial charge is 0.0897 e. The van der Waals surface area contributed by atoms with Crippen molar-refractivity contribution in [1.29, 1.82) is 0 Å². The molecule has 0 aliphatic heterocycles. The summed E-state index contributed by atoms with van der Waals surface area (Å²) >= 11 is 1.73. The van der Waals surface area contributed by atoms with Crippen LogP contribution in [0.15, 0.2) is 6.20 Å². The number of aromatic nitrogens is 1. The molecule has 0 bridgehead atoms. The highest BCUT2D eigenvalue weighted by molar-refractivity contribution is 7.11. The second-order valence-electron chi connectivity index (χ2n) is 4.31. The van der Waals surface area contributed by atoms with Gasteiger partial charge in [0.2, 0.25) is 0 Å². The van der Waals surface area contributed by atoms with Crippen LogP contribution in [0.5, 0.6) is 0 Å². The van der Waals surface area contributed by atoms with Gasteiger partial charge in [0.1, 0.15) is 0 Å². The van der Waals surface area contributed by atoms with Crippen LogP contribution in [0.1, 0.15) is 36.6 Å². The number of hydrogen-bond acceptors (Lipinski definition) is 4. The van der Waals surface area contributed by atoms with Gasteiger partial charge in [0.15, 0.2) is 0 Å². The SMILES string of the molecule is CCC(CC)(CO)CNCc1cnc(C)s1. The summed E-state index contributed by atoms with van der Waals surface area (Å²) in [4.78, 5) is 5.48. The first-order valence-corrected chi connectivity index (χ1v) is 6.70. The van der Waals surface area contributed by atoms with Crippen LogP contribution in [-0.2, 0) is 6.54 Å². The molecule has 1 aromatic heterocycles. The second-order valence-corrected chi connectivity index (χ2v) is 5.63. The molecule has 0 saturated heterocycles. The fourth-order valence-corrected chi connectivity index (χ4v) is 2.48. The average molecular weight is 242 g/mol. The van der Waals surface area contributed by atoms with Gasteiger partial charge in [-0.05, 0) is 19.8 Å². The summed E-state index contributed by atoms with van der Waals surface area (Å²) in [6.45, 7) is 8.27. The van der Waals surface area contributed by atoms with Crippen molar-refractivity contribution in [1.82, 2.24) is 10.3 Å². The fraction of sp³-hybridized carbons (Fsp3) is 0.750. The Morgan fingerprint density at radius 1 is 1.44 bits per heavy atom. The van der Waals surface area contributed by atoms with Gasteiger partial charge in [0.05, 0.1) is 5.01 Å². The molecule has 0 amide bonds. The van der Waals surface area contributed by atoms with Crippen LogP contribution < -0.4 is 5.32 Å². The predicted molar refractivity (Wildman–Crippen MR) is 68.7 cm³/mol. The molecule has 0 spiro atoms. The Balaban J connectivity index is 2.39. The van der Waals surface area contributed by atoms with E-state index in [1.54, 1.807) is 11.3 Å². The molecular weight excluding hydrogens is 220 g/mol. The molecular formula is C12H22N2OS. The second kappa shape index (κ2) is 6.33. The van der Waals surface area contributed by atoms with E-state index < -0.39 is 0 Å². The Bertz CT molecular complexity index is 299. The van der Waals surface area contributed by atoms with Crippen molar-refractivity contribution < 1.29 is 5.11 Å². The lowest BCUT2D eigenvalue weighted by Crippen LogP contribution is -2.36. The van der Waals surface area contributed by atoms with Gasteiger partial charge in [-0.1, -0.05) is 13.8 Å². The lowest BCUT2D eigenvalue weighted by molar-refractivity contribution is 0.113. The van der Waals surface area contributed by atoms with E-state index >= 15 is 0 Å². The Kier molecular flexibility index (Phi) is 5.38. The van der Waals surface area contributed by atoms with E-state index in [1.165, 1.54) is 4.88 Å². The normalized spacial score (nSPS) is 12.0. The van der Waals surface area contributed by atoms with Crippen molar-refractivity contribution in [2.75, 3.05) is 13.2 Å². The molecule has 0 aliphatic rings. The fourth-order valence-electron chi connectivity index (χ4n) is 1.72. The summed E-state index contributed by atoms with van der Waals surface area (Å²) in [6.07, 6.45) is 3.94. The number of nitrogens with one attached hydrogen (secondary N) is 1. The van der Waals surface area contributed by atoms with Crippen molar-refractivity contribution in [3.05, 3.63) is 16.1 Å². The highest BCUT2D eigenvalue weighted by Crippen LogP contribution is 2.24. The van der Waals surface area contributed by atoms with Gasteiger partial charge in [-0.15, -0.1) is 11.3 Å². The third-order valence-electron chi connectivity index (χ3n) is 3.30. The Morgan fingerprint density at radius 3 is 2.56 bits per heavy atom. The predicted octanol–water partition coefficient (Wildman–Crippen LogP) is 2.34. The van der Waals surface area contributed by atoms with Crippen LogP contribution in [0, 0.1) is 12.3 Å². The summed E-state index contributed by atoms with van der Waals surface area (Å²) in [5.74, 6) is 0. The molecule has 0 radical (unpaired) electrons. The summed E-state index contributed by atoms with van der Waals surface area (Å²) < 4.78 is 0. The van der Waals surface area contributed by atoms with E-state index in [4.69, 9.17) is 0 Å². The molecule has 1 aromatic rings. The standard InChI is InChI=1S/C12H22N2OS/c1-4-12(5-2,9-15)8-13-6-11-7-14-10(3)16-11/h7,13,15H,4-6,8-9H2,1-3H3. The maximum absolute atomic E-state index is 9.43. The maximum atomic E-state index is 9.43. The molecule has 4 heteroatoms. The molecule has 1 heterocycles. The van der Waals surface area contributed by atoms with E-state index in [9.17, 15) is 5.11 Å². The van der Waals surface area contributed by atoms with E-state index in [-0.39, 0.29) is 12.0 Å². The van der Waals surface area contributed by atoms with Gasteiger partial charge in [0, 0.05) is 36.2 Å².